The van der Waals surface area contributed by atoms with Crippen LogP contribution < -0.4 is 5.32 Å². The number of morpholine rings is 1. The molecule has 1 fully saturated rings. The average molecular weight is 256 g/mol. The Labute approximate surface area is 113 Å². The summed E-state index contributed by atoms with van der Waals surface area (Å²) in [7, 11) is 2.12. The van der Waals surface area contributed by atoms with E-state index >= 15 is 0 Å². The fourth-order valence-electron chi connectivity index (χ4n) is 3.13. The minimum absolute atomic E-state index is 0.270. The lowest BCUT2D eigenvalue weighted by Crippen LogP contribution is -2.61. The van der Waals surface area contributed by atoms with Gasteiger partial charge in [-0.15, -0.1) is 0 Å². The molecule has 0 spiro atoms. The molecule has 0 aromatic carbocycles. The van der Waals surface area contributed by atoms with Gasteiger partial charge in [0.1, 0.15) is 0 Å². The van der Waals surface area contributed by atoms with Gasteiger partial charge in [0.15, 0.2) is 0 Å². The predicted molar refractivity (Wildman–Crippen MR) is 78.1 cm³/mol. The van der Waals surface area contributed by atoms with Gasteiger partial charge in [-0.05, 0) is 26.8 Å². The Morgan fingerprint density at radius 3 is 2.39 bits per heavy atom. The number of nitrogens with one attached hydrogen (secondary N) is 1. The number of hydrogen-bond acceptors (Lipinski definition) is 3. The Balaban J connectivity index is 2.62. The van der Waals surface area contributed by atoms with E-state index in [0.717, 1.165) is 26.3 Å². The second-order valence-electron chi connectivity index (χ2n) is 5.65. The molecule has 1 rings (SSSR count). The number of nitrogens with zero attached hydrogens (tertiary/aromatic N) is 1. The van der Waals surface area contributed by atoms with E-state index < -0.39 is 0 Å². The van der Waals surface area contributed by atoms with Crippen LogP contribution in [-0.2, 0) is 4.74 Å². The highest BCUT2D eigenvalue weighted by Gasteiger charge is 2.37. The summed E-state index contributed by atoms with van der Waals surface area (Å²) >= 11 is 0. The predicted octanol–water partition coefficient (Wildman–Crippen LogP) is 2.66. The van der Waals surface area contributed by atoms with Crippen molar-refractivity contribution in [1.82, 2.24) is 10.2 Å². The molecule has 0 aliphatic carbocycles. The summed E-state index contributed by atoms with van der Waals surface area (Å²) < 4.78 is 5.49. The maximum absolute atomic E-state index is 5.49. The monoisotopic (exact) mass is 256 g/mol. The van der Waals surface area contributed by atoms with Crippen molar-refractivity contribution in [2.75, 3.05) is 33.4 Å². The molecule has 1 N–H and O–H groups in total. The number of likely N-dealkylation sites (N-methyl/N-ethyl adjacent to an activating group) is 1. The van der Waals surface area contributed by atoms with Crippen LogP contribution in [0, 0.1) is 0 Å². The van der Waals surface area contributed by atoms with Crippen LogP contribution >= 0.6 is 0 Å². The highest BCUT2D eigenvalue weighted by molar-refractivity contribution is 4.96. The van der Waals surface area contributed by atoms with Gasteiger partial charge in [0.25, 0.3) is 0 Å². The molecule has 0 bridgehead atoms. The molecule has 0 radical (unpaired) electrons. The van der Waals surface area contributed by atoms with E-state index in [2.05, 4.69) is 38.0 Å². The zero-order valence-corrected chi connectivity index (χ0v) is 12.8. The van der Waals surface area contributed by atoms with Gasteiger partial charge in [0.2, 0.25) is 0 Å². The minimum Gasteiger partial charge on any atom is -0.379 e. The Morgan fingerprint density at radius 2 is 1.89 bits per heavy atom. The summed E-state index contributed by atoms with van der Waals surface area (Å²) in [6.07, 6.45) is 6.47. The smallest absolute Gasteiger partial charge is 0.0594 e. The molecular weight excluding hydrogens is 224 g/mol. The van der Waals surface area contributed by atoms with Crippen molar-refractivity contribution < 1.29 is 4.74 Å². The molecule has 1 aliphatic heterocycles. The van der Waals surface area contributed by atoms with Gasteiger partial charge < -0.3 is 10.1 Å². The van der Waals surface area contributed by atoms with Crippen LogP contribution in [0.25, 0.3) is 0 Å². The molecular formula is C15H32N2O. The van der Waals surface area contributed by atoms with Crippen LogP contribution in [0.5, 0.6) is 0 Å². The third-order valence-corrected chi connectivity index (χ3v) is 4.64. The van der Waals surface area contributed by atoms with E-state index in [-0.39, 0.29) is 5.54 Å². The quantitative estimate of drug-likeness (QED) is 0.676. The Kier molecular flexibility index (Phi) is 7.20. The largest absolute Gasteiger partial charge is 0.379 e. The zero-order valence-electron chi connectivity index (χ0n) is 12.8. The van der Waals surface area contributed by atoms with Crippen LogP contribution in [0.2, 0.25) is 0 Å². The van der Waals surface area contributed by atoms with Crippen LogP contribution in [0.15, 0.2) is 0 Å². The van der Waals surface area contributed by atoms with Gasteiger partial charge in [-0.1, -0.05) is 33.1 Å². The van der Waals surface area contributed by atoms with Crippen molar-refractivity contribution in [3.63, 3.8) is 0 Å². The molecule has 0 saturated carbocycles. The molecule has 0 aromatic rings. The molecule has 108 valence electrons. The number of ether oxygens (including phenoxy) is 1. The molecule has 3 nitrogen and oxygen atoms in total. The number of hydrogen-bond donors (Lipinski definition) is 1. The Hall–Kier alpha value is -0.120. The van der Waals surface area contributed by atoms with Crippen molar-refractivity contribution in [3.05, 3.63) is 0 Å². The highest BCUT2D eigenvalue weighted by Crippen LogP contribution is 2.27. The third-order valence-electron chi connectivity index (χ3n) is 4.64. The van der Waals surface area contributed by atoms with Crippen LogP contribution in [-0.4, -0.2) is 49.8 Å². The second kappa shape index (κ2) is 8.13. The SMILES string of the molecule is CCCCCC(NC)C(C)(CC)N1CCOCC1. The molecule has 2 unspecified atom stereocenters. The van der Waals surface area contributed by atoms with Gasteiger partial charge in [0.05, 0.1) is 13.2 Å². The number of rotatable bonds is 8. The van der Waals surface area contributed by atoms with Crippen LogP contribution in [0.4, 0.5) is 0 Å². The highest BCUT2D eigenvalue weighted by atomic mass is 16.5. The van der Waals surface area contributed by atoms with Gasteiger partial charge in [-0.3, -0.25) is 4.90 Å². The first-order valence-electron chi connectivity index (χ1n) is 7.69. The van der Waals surface area contributed by atoms with Crippen molar-refractivity contribution >= 4 is 0 Å². The fourth-order valence-corrected chi connectivity index (χ4v) is 3.13. The summed E-state index contributed by atoms with van der Waals surface area (Å²) in [4.78, 5) is 2.63. The van der Waals surface area contributed by atoms with Gasteiger partial charge in [0, 0.05) is 24.7 Å². The first-order chi connectivity index (χ1) is 8.69. The third kappa shape index (κ3) is 3.94. The van der Waals surface area contributed by atoms with Crippen molar-refractivity contribution in [1.29, 1.82) is 0 Å². The maximum Gasteiger partial charge on any atom is 0.0594 e. The maximum atomic E-state index is 5.49. The Morgan fingerprint density at radius 1 is 1.22 bits per heavy atom. The van der Waals surface area contributed by atoms with E-state index in [1.54, 1.807) is 0 Å². The fraction of sp³-hybridized carbons (Fsp3) is 1.00. The average Bonchev–Trinajstić information content (AvgIpc) is 2.44. The molecule has 3 heteroatoms. The summed E-state index contributed by atoms with van der Waals surface area (Å²) in [6.45, 7) is 11.0. The first kappa shape index (κ1) is 15.9. The number of unbranched alkanes of at least 4 members (excludes halogenated alkanes) is 2. The topological polar surface area (TPSA) is 24.5 Å². The standard InChI is InChI=1S/C15H32N2O/c1-5-7-8-9-14(16-4)15(3,6-2)17-10-12-18-13-11-17/h14,16H,5-13H2,1-4H3. The molecule has 0 amide bonds. The summed E-state index contributed by atoms with van der Waals surface area (Å²) in [5, 5.41) is 3.57. The lowest BCUT2D eigenvalue weighted by Gasteiger charge is -2.48. The van der Waals surface area contributed by atoms with Crippen LogP contribution in [0.3, 0.4) is 0 Å². The van der Waals surface area contributed by atoms with Gasteiger partial charge in [-0.2, -0.15) is 0 Å². The second-order valence-corrected chi connectivity index (χ2v) is 5.65. The van der Waals surface area contributed by atoms with E-state index in [0.29, 0.717) is 6.04 Å². The lowest BCUT2D eigenvalue weighted by molar-refractivity contribution is -0.0327. The molecule has 1 saturated heterocycles. The van der Waals surface area contributed by atoms with Gasteiger partial charge >= 0.3 is 0 Å². The zero-order chi connectivity index (χ0) is 13.4. The first-order valence-corrected chi connectivity index (χ1v) is 7.69. The minimum atomic E-state index is 0.270. The van der Waals surface area contributed by atoms with Crippen molar-refractivity contribution in [3.8, 4) is 0 Å². The summed E-state index contributed by atoms with van der Waals surface area (Å²) in [5.74, 6) is 0. The summed E-state index contributed by atoms with van der Waals surface area (Å²) in [5.41, 5.74) is 0.270. The van der Waals surface area contributed by atoms with E-state index in [1.165, 1.54) is 32.1 Å². The molecule has 18 heavy (non-hydrogen) atoms. The molecule has 1 aliphatic rings. The normalized spacial score (nSPS) is 22.7. The van der Waals surface area contributed by atoms with Crippen LogP contribution in [0.1, 0.15) is 52.9 Å². The lowest BCUT2D eigenvalue weighted by atomic mass is 9.84. The van der Waals surface area contributed by atoms with E-state index in [4.69, 9.17) is 4.74 Å². The van der Waals surface area contributed by atoms with Crippen molar-refractivity contribution in [2.24, 2.45) is 0 Å². The van der Waals surface area contributed by atoms with Crippen molar-refractivity contribution in [2.45, 2.75) is 64.5 Å². The molecule has 2 atom stereocenters. The summed E-state index contributed by atoms with van der Waals surface area (Å²) in [6, 6.07) is 0.590. The van der Waals surface area contributed by atoms with E-state index in [9.17, 15) is 0 Å². The van der Waals surface area contributed by atoms with E-state index in [1.807, 2.05) is 0 Å². The molecule has 1 heterocycles. The molecule has 0 aromatic heterocycles. The van der Waals surface area contributed by atoms with Gasteiger partial charge in [-0.25, -0.2) is 0 Å². The Bertz CT molecular complexity index is 217.